The van der Waals surface area contributed by atoms with Crippen molar-refractivity contribution in [1.29, 1.82) is 0 Å². The highest BCUT2D eigenvalue weighted by molar-refractivity contribution is 6.30. The van der Waals surface area contributed by atoms with Gasteiger partial charge in [-0.25, -0.2) is 5.43 Å². The van der Waals surface area contributed by atoms with E-state index in [4.69, 9.17) is 21.1 Å². The van der Waals surface area contributed by atoms with E-state index >= 15 is 0 Å². The molecule has 0 fully saturated rings. The fourth-order valence-electron chi connectivity index (χ4n) is 2.09. The molecule has 0 atom stereocenters. The van der Waals surface area contributed by atoms with Crippen LogP contribution in [0.15, 0.2) is 47.6 Å². The first-order chi connectivity index (χ1) is 13.4. The van der Waals surface area contributed by atoms with E-state index in [0.717, 1.165) is 0 Å². The van der Waals surface area contributed by atoms with Crippen molar-refractivity contribution in [2.45, 2.75) is 6.92 Å². The smallest absolute Gasteiger partial charge is 0.271 e. The molecule has 0 aromatic heterocycles. The van der Waals surface area contributed by atoms with Gasteiger partial charge in [-0.2, -0.15) is 5.10 Å². The lowest BCUT2D eigenvalue weighted by Gasteiger charge is -2.14. The average Bonchev–Trinajstić information content (AvgIpc) is 2.67. The van der Waals surface area contributed by atoms with Gasteiger partial charge in [0.05, 0.1) is 12.8 Å². The van der Waals surface area contributed by atoms with Crippen LogP contribution in [0.5, 0.6) is 11.5 Å². The maximum Gasteiger partial charge on any atom is 0.271 e. The SMILES string of the molecule is CCOc1cc(/C=N/NC(=O)c2ccc(Cl)cc2)ccc1OCC(=O)N(C)C. The maximum absolute atomic E-state index is 12.0. The summed E-state index contributed by atoms with van der Waals surface area (Å²) in [5.74, 6) is 0.444. The molecule has 0 aliphatic carbocycles. The van der Waals surface area contributed by atoms with Gasteiger partial charge in [-0.3, -0.25) is 9.59 Å². The number of nitrogens with zero attached hydrogens (tertiary/aromatic N) is 2. The molecule has 0 heterocycles. The number of rotatable bonds is 8. The van der Waals surface area contributed by atoms with Crippen molar-refractivity contribution >= 4 is 29.6 Å². The molecule has 0 unspecified atom stereocenters. The zero-order valence-corrected chi connectivity index (χ0v) is 16.7. The van der Waals surface area contributed by atoms with Gasteiger partial charge in [-0.05, 0) is 55.0 Å². The summed E-state index contributed by atoms with van der Waals surface area (Å²) in [6, 6.07) is 11.6. The molecular formula is C20H22ClN3O4. The molecular weight excluding hydrogens is 382 g/mol. The van der Waals surface area contributed by atoms with E-state index < -0.39 is 0 Å². The lowest BCUT2D eigenvalue weighted by Crippen LogP contribution is -2.27. The summed E-state index contributed by atoms with van der Waals surface area (Å²) < 4.78 is 11.1. The Kier molecular flexibility index (Phi) is 7.83. The number of ether oxygens (including phenoxy) is 2. The number of hydrazone groups is 1. The highest BCUT2D eigenvalue weighted by Crippen LogP contribution is 2.28. The standard InChI is InChI=1S/C20H22ClN3O4/c1-4-27-18-11-14(5-10-17(18)28-13-19(25)24(2)3)12-22-23-20(26)15-6-8-16(21)9-7-15/h5-12H,4,13H2,1-3H3,(H,23,26)/b22-12+. The van der Waals surface area contributed by atoms with Gasteiger partial charge >= 0.3 is 0 Å². The van der Waals surface area contributed by atoms with E-state index in [2.05, 4.69) is 10.5 Å². The zero-order valence-electron chi connectivity index (χ0n) is 15.9. The molecule has 2 aromatic rings. The third kappa shape index (κ3) is 6.28. The minimum atomic E-state index is -0.347. The monoisotopic (exact) mass is 403 g/mol. The van der Waals surface area contributed by atoms with E-state index in [9.17, 15) is 9.59 Å². The normalized spacial score (nSPS) is 10.6. The van der Waals surface area contributed by atoms with Gasteiger partial charge in [0.2, 0.25) is 0 Å². The highest BCUT2D eigenvalue weighted by atomic mass is 35.5. The van der Waals surface area contributed by atoms with Crippen LogP contribution in [0.1, 0.15) is 22.8 Å². The fraction of sp³-hybridized carbons (Fsp3) is 0.250. The molecule has 0 saturated heterocycles. The highest BCUT2D eigenvalue weighted by Gasteiger charge is 2.10. The second-order valence-corrected chi connectivity index (χ2v) is 6.36. The molecule has 0 spiro atoms. The first-order valence-electron chi connectivity index (χ1n) is 8.59. The Morgan fingerprint density at radius 3 is 2.46 bits per heavy atom. The number of amides is 2. The van der Waals surface area contributed by atoms with Crippen LogP contribution in [0.4, 0.5) is 0 Å². The minimum Gasteiger partial charge on any atom is -0.490 e. The van der Waals surface area contributed by atoms with Gasteiger partial charge in [-0.15, -0.1) is 0 Å². The molecule has 2 aromatic carbocycles. The Hall–Kier alpha value is -3.06. The molecule has 0 saturated carbocycles. The van der Waals surface area contributed by atoms with Crippen molar-refractivity contribution in [3.63, 3.8) is 0 Å². The quantitative estimate of drug-likeness (QED) is 0.542. The van der Waals surface area contributed by atoms with E-state index in [1.807, 2.05) is 6.92 Å². The van der Waals surface area contributed by atoms with Crippen LogP contribution in [-0.4, -0.2) is 50.2 Å². The van der Waals surface area contributed by atoms with Crippen LogP contribution in [0.25, 0.3) is 0 Å². The second kappa shape index (κ2) is 10.3. The summed E-state index contributed by atoms with van der Waals surface area (Å²) in [5, 5.41) is 4.51. The lowest BCUT2D eigenvalue weighted by molar-refractivity contribution is -0.130. The van der Waals surface area contributed by atoms with Crippen LogP contribution in [0.3, 0.4) is 0 Å². The summed E-state index contributed by atoms with van der Waals surface area (Å²) in [6.07, 6.45) is 1.49. The third-order valence-electron chi connectivity index (χ3n) is 3.60. The third-order valence-corrected chi connectivity index (χ3v) is 3.86. The molecule has 148 valence electrons. The molecule has 0 radical (unpaired) electrons. The molecule has 2 amide bonds. The predicted octanol–water partition coefficient (Wildman–Crippen LogP) is 2.97. The van der Waals surface area contributed by atoms with Gasteiger partial charge in [0.1, 0.15) is 0 Å². The summed E-state index contributed by atoms with van der Waals surface area (Å²) in [7, 11) is 3.32. The summed E-state index contributed by atoms with van der Waals surface area (Å²) in [5.41, 5.74) is 3.60. The van der Waals surface area contributed by atoms with Crippen molar-refractivity contribution in [3.05, 3.63) is 58.6 Å². The van der Waals surface area contributed by atoms with Crippen LogP contribution < -0.4 is 14.9 Å². The average molecular weight is 404 g/mol. The molecule has 28 heavy (non-hydrogen) atoms. The van der Waals surface area contributed by atoms with Gasteiger partial charge in [0.15, 0.2) is 18.1 Å². The van der Waals surface area contributed by atoms with Gasteiger partial charge in [0, 0.05) is 24.7 Å². The van der Waals surface area contributed by atoms with E-state index in [1.165, 1.54) is 11.1 Å². The molecule has 0 bridgehead atoms. The summed E-state index contributed by atoms with van der Waals surface area (Å²) in [4.78, 5) is 25.2. The first-order valence-corrected chi connectivity index (χ1v) is 8.97. The summed E-state index contributed by atoms with van der Waals surface area (Å²) >= 11 is 5.80. The molecule has 0 aliphatic heterocycles. The number of carbonyl (C=O) groups excluding carboxylic acids is 2. The number of carbonyl (C=O) groups is 2. The van der Waals surface area contributed by atoms with Crippen molar-refractivity contribution in [2.75, 3.05) is 27.3 Å². The van der Waals surface area contributed by atoms with Crippen LogP contribution in [-0.2, 0) is 4.79 Å². The Morgan fingerprint density at radius 1 is 1.11 bits per heavy atom. The number of hydrogen-bond acceptors (Lipinski definition) is 5. The lowest BCUT2D eigenvalue weighted by atomic mass is 10.2. The molecule has 0 aliphatic rings. The fourth-order valence-corrected chi connectivity index (χ4v) is 2.22. The van der Waals surface area contributed by atoms with Gasteiger partial charge in [-0.1, -0.05) is 11.6 Å². The predicted molar refractivity (Wildman–Crippen MR) is 108 cm³/mol. The number of likely N-dealkylation sites (N-methyl/N-ethyl adjacent to an activating group) is 1. The summed E-state index contributed by atoms with van der Waals surface area (Å²) in [6.45, 7) is 2.20. The zero-order chi connectivity index (χ0) is 20.5. The number of nitrogens with one attached hydrogen (secondary N) is 1. The first kappa shape index (κ1) is 21.2. The Morgan fingerprint density at radius 2 is 1.82 bits per heavy atom. The Balaban J connectivity index is 2.03. The van der Waals surface area contributed by atoms with Crippen LogP contribution >= 0.6 is 11.6 Å². The van der Waals surface area contributed by atoms with Gasteiger partial charge < -0.3 is 14.4 Å². The van der Waals surface area contributed by atoms with Crippen molar-refractivity contribution < 1.29 is 19.1 Å². The number of hydrogen-bond donors (Lipinski definition) is 1. The van der Waals surface area contributed by atoms with Gasteiger partial charge in [0.25, 0.3) is 11.8 Å². The molecule has 7 nitrogen and oxygen atoms in total. The van der Waals surface area contributed by atoms with Crippen LogP contribution in [0.2, 0.25) is 5.02 Å². The minimum absolute atomic E-state index is 0.0857. The Labute approximate surface area is 168 Å². The van der Waals surface area contributed by atoms with Crippen molar-refractivity contribution in [2.24, 2.45) is 5.10 Å². The van der Waals surface area contributed by atoms with E-state index in [0.29, 0.717) is 34.3 Å². The van der Waals surface area contributed by atoms with E-state index in [-0.39, 0.29) is 18.4 Å². The number of halogens is 1. The molecule has 2 rings (SSSR count). The second-order valence-electron chi connectivity index (χ2n) is 5.92. The molecule has 8 heteroatoms. The number of benzene rings is 2. The largest absolute Gasteiger partial charge is 0.490 e. The van der Waals surface area contributed by atoms with Crippen molar-refractivity contribution in [1.82, 2.24) is 10.3 Å². The Bertz CT molecular complexity index is 851. The van der Waals surface area contributed by atoms with Crippen molar-refractivity contribution in [3.8, 4) is 11.5 Å². The molecule has 1 N–H and O–H groups in total. The topological polar surface area (TPSA) is 80.2 Å². The van der Waals surface area contributed by atoms with Crippen LogP contribution in [0, 0.1) is 0 Å². The maximum atomic E-state index is 12.0. The van der Waals surface area contributed by atoms with E-state index in [1.54, 1.807) is 56.6 Å².